The highest BCUT2D eigenvalue weighted by molar-refractivity contribution is 5.99. The van der Waals surface area contributed by atoms with Gasteiger partial charge in [-0.25, -0.2) is 0 Å². The van der Waals surface area contributed by atoms with E-state index in [0.29, 0.717) is 18.5 Å². The summed E-state index contributed by atoms with van der Waals surface area (Å²) in [5.74, 6) is -0.440. The van der Waals surface area contributed by atoms with Crippen molar-refractivity contribution < 1.29 is 19.1 Å². The van der Waals surface area contributed by atoms with Crippen LogP contribution in [0, 0.1) is 11.3 Å². The summed E-state index contributed by atoms with van der Waals surface area (Å²) in [6.45, 7) is 15.8. The lowest BCUT2D eigenvalue weighted by Gasteiger charge is -2.37. The number of carbonyl (C=O) groups is 3. The van der Waals surface area contributed by atoms with Crippen molar-refractivity contribution in [3.8, 4) is 0 Å². The van der Waals surface area contributed by atoms with Crippen molar-refractivity contribution in [1.29, 1.82) is 0 Å². The first-order valence-electron chi connectivity index (χ1n) is 13.0. The third kappa shape index (κ3) is 5.09. The van der Waals surface area contributed by atoms with Gasteiger partial charge in [-0.2, -0.15) is 0 Å². The molecule has 0 radical (unpaired) electrons. The number of hydrogen-bond donors (Lipinski definition) is 1. The van der Waals surface area contributed by atoms with Gasteiger partial charge in [0, 0.05) is 49.9 Å². The van der Waals surface area contributed by atoms with Crippen molar-refractivity contribution >= 4 is 23.3 Å². The Morgan fingerprint density at radius 1 is 1.11 bits per heavy atom. The first-order valence-corrected chi connectivity index (χ1v) is 13.0. The van der Waals surface area contributed by atoms with Gasteiger partial charge in [-0.15, -0.1) is 0 Å². The summed E-state index contributed by atoms with van der Waals surface area (Å²) >= 11 is 0. The number of fused-ring (bicyclic) bond motifs is 1. The summed E-state index contributed by atoms with van der Waals surface area (Å²) in [6, 6.07) is 6.36. The normalized spacial score (nSPS) is 26.1. The predicted molar refractivity (Wildman–Crippen MR) is 136 cm³/mol. The second-order valence-electron chi connectivity index (χ2n) is 10.9. The van der Waals surface area contributed by atoms with Gasteiger partial charge in [0.15, 0.2) is 5.78 Å². The van der Waals surface area contributed by atoms with Gasteiger partial charge in [-0.05, 0) is 42.6 Å². The minimum Gasteiger partial charge on any atom is -0.369 e. The van der Waals surface area contributed by atoms with E-state index in [0.717, 1.165) is 38.4 Å². The Morgan fingerprint density at radius 3 is 2.37 bits per heavy atom. The zero-order valence-corrected chi connectivity index (χ0v) is 21.8. The van der Waals surface area contributed by atoms with Gasteiger partial charge < -0.3 is 24.8 Å². The maximum absolute atomic E-state index is 13.8. The van der Waals surface area contributed by atoms with Gasteiger partial charge in [0.2, 0.25) is 5.91 Å². The summed E-state index contributed by atoms with van der Waals surface area (Å²) < 4.78 is 5.66. The molecule has 8 nitrogen and oxygen atoms in total. The van der Waals surface area contributed by atoms with Crippen molar-refractivity contribution in [2.45, 2.75) is 59.2 Å². The Morgan fingerprint density at radius 2 is 1.77 bits per heavy atom. The van der Waals surface area contributed by atoms with Crippen molar-refractivity contribution in [3.05, 3.63) is 29.8 Å². The first kappa shape index (κ1) is 25.6. The average Bonchev–Trinajstić information content (AvgIpc) is 3.42. The number of nitrogens with one attached hydrogen (secondary N) is 1. The molecule has 3 aliphatic heterocycles. The number of carbonyl (C=O) groups excluding carboxylic acids is 3. The topological polar surface area (TPSA) is 82.2 Å². The number of amides is 2. The number of ether oxygens (including phenoxy) is 1. The largest absolute Gasteiger partial charge is 0.369 e. The number of likely N-dealkylation sites (tertiary alicyclic amines) is 1. The molecule has 1 aromatic carbocycles. The fourth-order valence-corrected chi connectivity index (χ4v) is 5.44. The van der Waals surface area contributed by atoms with Crippen LogP contribution in [0.5, 0.6) is 0 Å². The summed E-state index contributed by atoms with van der Waals surface area (Å²) in [4.78, 5) is 45.9. The fraction of sp³-hybridized carbons (Fsp3) is 0.667. The van der Waals surface area contributed by atoms with E-state index in [1.54, 1.807) is 4.90 Å². The second kappa shape index (κ2) is 10.3. The zero-order chi connectivity index (χ0) is 25.3. The Balaban J connectivity index is 1.48. The molecule has 0 saturated carbocycles. The quantitative estimate of drug-likeness (QED) is 0.639. The zero-order valence-electron chi connectivity index (χ0n) is 21.8. The number of hydrogen-bond acceptors (Lipinski definition) is 6. The molecule has 8 heteroatoms. The highest BCUT2D eigenvalue weighted by atomic mass is 16.5. The standard InChI is InChI=1S/C27H40N4O4/c1-6-27(4,5)24(26(34)31-16-18(3)23-22(31)21(32)17-35-23)28-25(33)19-8-10-20(11-9-19)30-14-12-29(7-2)13-15-30/h8-11,18,22-24H,6-7,12-17H2,1-5H3,(H,28,33)/t18-,22+,23+,24?/m0/s1. The molecule has 4 rings (SSSR count). The number of benzene rings is 1. The lowest BCUT2D eigenvalue weighted by Crippen LogP contribution is -2.57. The summed E-state index contributed by atoms with van der Waals surface area (Å²) in [6.07, 6.45) is 0.452. The van der Waals surface area contributed by atoms with Crippen molar-refractivity contribution in [2.75, 3.05) is 50.8 Å². The van der Waals surface area contributed by atoms with Crippen LogP contribution in [-0.2, 0) is 14.3 Å². The molecule has 35 heavy (non-hydrogen) atoms. The number of rotatable bonds is 7. The Hall–Kier alpha value is -2.45. The van der Waals surface area contributed by atoms with Crippen molar-refractivity contribution in [1.82, 2.24) is 15.1 Å². The maximum atomic E-state index is 13.8. The molecule has 192 valence electrons. The van der Waals surface area contributed by atoms with Gasteiger partial charge in [-0.1, -0.05) is 34.6 Å². The van der Waals surface area contributed by atoms with E-state index in [2.05, 4.69) is 22.0 Å². The van der Waals surface area contributed by atoms with Gasteiger partial charge in [0.1, 0.15) is 18.7 Å². The van der Waals surface area contributed by atoms with E-state index < -0.39 is 17.5 Å². The van der Waals surface area contributed by atoms with E-state index in [-0.39, 0.29) is 36.2 Å². The predicted octanol–water partition coefficient (Wildman–Crippen LogP) is 2.18. The molecule has 3 saturated heterocycles. The van der Waals surface area contributed by atoms with Crippen LogP contribution in [0.2, 0.25) is 0 Å². The van der Waals surface area contributed by atoms with E-state index in [4.69, 9.17) is 4.74 Å². The smallest absolute Gasteiger partial charge is 0.251 e. The molecule has 1 N–H and O–H groups in total. The van der Waals surface area contributed by atoms with Crippen LogP contribution in [0.15, 0.2) is 24.3 Å². The molecule has 4 atom stereocenters. The average molecular weight is 485 g/mol. The molecule has 0 spiro atoms. The van der Waals surface area contributed by atoms with Gasteiger partial charge in [-0.3, -0.25) is 14.4 Å². The van der Waals surface area contributed by atoms with Crippen LogP contribution in [0.25, 0.3) is 0 Å². The molecule has 2 amide bonds. The number of ketones is 1. The van der Waals surface area contributed by atoms with Crippen LogP contribution in [0.4, 0.5) is 5.69 Å². The summed E-state index contributed by atoms with van der Waals surface area (Å²) in [5.41, 5.74) is 1.16. The number of anilines is 1. The maximum Gasteiger partial charge on any atom is 0.251 e. The molecule has 3 heterocycles. The summed E-state index contributed by atoms with van der Waals surface area (Å²) in [7, 11) is 0. The Bertz CT molecular complexity index is 939. The Kier molecular flexibility index (Phi) is 7.52. The van der Waals surface area contributed by atoms with E-state index >= 15 is 0 Å². The first-order chi connectivity index (χ1) is 16.7. The monoisotopic (exact) mass is 484 g/mol. The molecule has 1 aromatic rings. The molecule has 3 fully saturated rings. The number of piperazine rings is 1. The third-order valence-electron chi connectivity index (χ3n) is 8.25. The minimum atomic E-state index is -0.735. The number of nitrogens with zero attached hydrogens (tertiary/aromatic N) is 3. The molecule has 0 aromatic heterocycles. The van der Waals surface area contributed by atoms with Crippen LogP contribution in [0.3, 0.4) is 0 Å². The lowest BCUT2D eigenvalue weighted by atomic mass is 9.80. The van der Waals surface area contributed by atoms with Crippen molar-refractivity contribution in [3.63, 3.8) is 0 Å². The molecule has 3 aliphatic rings. The van der Waals surface area contributed by atoms with E-state index in [9.17, 15) is 14.4 Å². The number of Topliss-reactive ketones (excluding diaryl/α,β-unsaturated/α-hetero) is 1. The van der Waals surface area contributed by atoms with Gasteiger partial charge in [0.05, 0.1) is 6.10 Å². The fourth-order valence-electron chi connectivity index (χ4n) is 5.44. The van der Waals surface area contributed by atoms with Crippen LogP contribution >= 0.6 is 0 Å². The van der Waals surface area contributed by atoms with E-state index in [1.807, 2.05) is 52.0 Å². The Labute approximate surface area is 209 Å². The minimum absolute atomic E-state index is 0.0531. The SMILES string of the molecule is CCN1CCN(c2ccc(C(=O)NC(C(=O)N3C[C@H](C)[C@H]4OCC(=O)[C@H]43)C(C)(C)CC)cc2)CC1. The lowest BCUT2D eigenvalue weighted by molar-refractivity contribution is -0.140. The highest BCUT2D eigenvalue weighted by Gasteiger charge is 2.52. The summed E-state index contributed by atoms with van der Waals surface area (Å²) in [5, 5.41) is 3.02. The molecule has 0 bridgehead atoms. The third-order valence-corrected chi connectivity index (χ3v) is 8.25. The van der Waals surface area contributed by atoms with E-state index in [1.165, 1.54) is 0 Å². The highest BCUT2D eigenvalue weighted by Crippen LogP contribution is 2.35. The molecule has 1 unspecified atom stereocenters. The second-order valence-corrected chi connectivity index (χ2v) is 10.9. The van der Waals surface area contributed by atoms with Crippen LogP contribution in [0.1, 0.15) is 51.4 Å². The van der Waals surface area contributed by atoms with Crippen LogP contribution < -0.4 is 10.2 Å². The molecule has 0 aliphatic carbocycles. The van der Waals surface area contributed by atoms with Crippen molar-refractivity contribution in [2.24, 2.45) is 11.3 Å². The van der Waals surface area contributed by atoms with Gasteiger partial charge in [0.25, 0.3) is 5.91 Å². The molecular formula is C27H40N4O4. The number of likely N-dealkylation sites (N-methyl/N-ethyl adjacent to an activating group) is 1. The molecular weight excluding hydrogens is 444 g/mol. The van der Waals surface area contributed by atoms with Gasteiger partial charge >= 0.3 is 0 Å². The van der Waals surface area contributed by atoms with Crippen LogP contribution in [-0.4, -0.2) is 91.5 Å².